The highest BCUT2D eigenvalue weighted by Gasteiger charge is 2.20. The number of hydrogen-bond donors (Lipinski definition) is 3. The largest absolute Gasteiger partial charge is 0.466 e. The number of unbranched alkanes of at least 4 members (excludes halogenated alkanes) is 58. The minimum absolute atomic E-state index is 0.0153. The first kappa shape index (κ1) is 82.3. The van der Waals surface area contributed by atoms with Crippen LogP contribution in [0.3, 0.4) is 0 Å². The molecule has 6 heteroatoms. The summed E-state index contributed by atoms with van der Waals surface area (Å²) in [5, 5.41) is 23.5. The molecule has 0 aromatic carbocycles. The van der Waals surface area contributed by atoms with Gasteiger partial charge < -0.3 is 20.3 Å². The molecular formula is C78H151NO5. The van der Waals surface area contributed by atoms with Gasteiger partial charge in [0.15, 0.2) is 0 Å². The molecule has 0 saturated heterocycles. The smallest absolute Gasteiger partial charge is 0.305 e. The maximum absolute atomic E-state index is 12.6. The molecule has 0 aliphatic heterocycles. The highest BCUT2D eigenvalue weighted by atomic mass is 16.5. The van der Waals surface area contributed by atoms with Crippen LogP contribution in [0, 0.1) is 0 Å². The van der Waals surface area contributed by atoms with Crippen LogP contribution in [0.15, 0.2) is 24.3 Å². The van der Waals surface area contributed by atoms with Crippen molar-refractivity contribution in [1.82, 2.24) is 5.32 Å². The summed E-state index contributed by atoms with van der Waals surface area (Å²) < 4.78 is 5.49. The number of esters is 1. The maximum Gasteiger partial charge on any atom is 0.305 e. The number of nitrogens with one attached hydrogen (secondary N) is 1. The first-order valence-corrected chi connectivity index (χ1v) is 38.6. The second-order valence-corrected chi connectivity index (χ2v) is 26.7. The van der Waals surface area contributed by atoms with Crippen molar-refractivity contribution in [3.05, 3.63) is 24.3 Å². The number of aliphatic hydroxyl groups is 2. The van der Waals surface area contributed by atoms with E-state index in [2.05, 4.69) is 43.5 Å². The van der Waals surface area contributed by atoms with Crippen LogP contribution in [-0.4, -0.2) is 47.4 Å². The lowest BCUT2D eigenvalue weighted by Gasteiger charge is -2.22. The van der Waals surface area contributed by atoms with E-state index in [4.69, 9.17) is 4.74 Å². The summed E-state index contributed by atoms with van der Waals surface area (Å²) >= 11 is 0. The van der Waals surface area contributed by atoms with Gasteiger partial charge in [-0.2, -0.15) is 0 Å². The van der Waals surface area contributed by atoms with Crippen LogP contribution in [0.5, 0.6) is 0 Å². The summed E-state index contributed by atoms with van der Waals surface area (Å²) in [6.07, 6.45) is 94.0. The van der Waals surface area contributed by atoms with Gasteiger partial charge in [-0.25, -0.2) is 0 Å². The third kappa shape index (κ3) is 69.4. The minimum atomic E-state index is -0.666. The lowest BCUT2D eigenvalue weighted by Crippen LogP contribution is -2.45. The molecular weight excluding hydrogens is 1030 g/mol. The monoisotopic (exact) mass is 1180 g/mol. The molecule has 0 rings (SSSR count). The quantitative estimate of drug-likeness (QED) is 0.0320. The summed E-state index contributed by atoms with van der Waals surface area (Å²) in [6.45, 7) is 5.00. The van der Waals surface area contributed by atoms with Gasteiger partial charge in [0.2, 0.25) is 5.91 Å². The first-order chi connectivity index (χ1) is 41.5. The van der Waals surface area contributed by atoms with Gasteiger partial charge in [-0.05, 0) is 57.8 Å². The van der Waals surface area contributed by atoms with Gasteiger partial charge in [0.1, 0.15) is 0 Å². The molecule has 0 aromatic heterocycles. The third-order valence-corrected chi connectivity index (χ3v) is 18.3. The van der Waals surface area contributed by atoms with Gasteiger partial charge in [0.25, 0.3) is 0 Å². The van der Waals surface area contributed by atoms with Crippen LogP contribution in [-0.2, 0) is 14.3 Å². The van der Waals surface area contributed by atoms with E-state index in [1.807, 2.05) is 0 Å². The fourth-order valence-electron chi connectivity index (χ4n) is 12.4. The fourth-order valence-corrected chi connectivity index (χ4v) is 12.4. The summed E-state index contributed by atoms with van der Waals surface area (Å²) in [7, 11) is 0. The SMILES string of the molecule is CCCCCCCCCCCCCCCCCCCCCCCCCCC(O)C(CO)NC(=O)CCCCCCCCCCCCCCC/C=C\C/C=C\CCCCCCCCCCCOC(=O)CCCCCCCCCCCCCCCC. The van der Waals surface area contributed by atoms with Crippen molar-refractivity contribution in [2.45, 2.75) is 450 Å². The number of ether oxygens (including phenoxy) is 1. The molecule has 0 aliphatic rings. The summed E-state index contributed by atoms with van der Waals surface area (Å²) in [6, 6.07) is -0.544. The molecule has 6 nitrogen and oxygen atoms in total. The van der Waals surface area contributed by atoms with Crippen LogP contribution in [0.2, 0.25) is 0 Å². The third-order valence-electron chi connectivity index (χ3n) is 18.3. The molecule has 84 heavy (non-hydrogen) atoms. The Hall–Kier alpha value is -1.66. The predicted octanol–water partition coefficient (Wildman–Crippen LogP) is 25.3. The summed E-state index contributed by atoms with van der Waals surface area (Å²) in [5.74, 6) is -0.0152. The molecule has 0 fully saturated rings. The number of aliphatic hydroxyl groups excluding tert-OH is 2. The number of carbonyl (C=O) groups excluding carboxylic acids is 2. The molecule has 2 atom stereocenters. The molecule has 0 aliphatic carbocycles. The second-order valence-electron chi connectivity index (χ2n) is 26.7. The molecule has 0 spiro atoms. The van der Waals surface area contributed by atoms with Gasteiger partial charge in [-0.1, -0.05) is 391 Å². The standard InChI is InChI=1S/C78H151NO5/c1-3-5-7-9-11-13-15-17-19-20-21-22-23-31-34-37-40-43-46-50-54-58-62-66-70-76(81)75(74-80)79-77(82)71-67-63-59-55-51-47-44-41-38-35-32-29-27-25-24-26-28-30-33-36-39-42-45-49-53-57-61-65-69-73-84-78(83)72-68-64-60-56-52-48-18-16-14-12-10-8-6-4-2/h24,26,30,33,75-76,80-81H,3-23,25,27-29,31-32,34-74H2,1-2H3,(H,79,82)/b26-24-,33-30-. The van der Waals surface area contributed by atoms with E-state index in [0.717, 1.165) is 44.9 Å². The summed E-state index contributed by atoms with van der Waals surface area (Å²) in [4.78, 5) is 24.6. The van der Waals surface area contributed by atoms with Crippen molar-refractivity contribution in [1.29, 1.82) is 0 Å². The van der Waals surface area contributed by atoms with Gasteiger partial charge in [0, 0.05) is 12.8 Å². The van der Waals surface area contributed by atoms with Crippen LogP contribution in [0.4, 0.5) is 0 Å². The maximum atomic E-state index is 12.6. The summed E-state index contributed by atoms with van der Waals surface area (Å²) in [5.41, 5.74) is 0. The average molecular weight is 1180 g/mol. The van der Waals surface area contributed by atoms with Crippen LogP contribution < -0.4 is 5.32 Å². The highest BCUT2D eigenvalue weighted by Crippen LogP contribution is 2.20. The van der Waals surface area contributed by atoms with Crippen molar-refractivity contribution in [3.8, 4) is 0 Å². The van der Waals surface area contributed by atoms with E-state index < -0.39 is 12.1 Å². The lowest BCUT2D eigenvalue weighted by molar-refractivity contribution is -0.143. The lowest BCUT2D eigenvalue weighted by atomic mass is 10.0. The number of allylic oxidation sites excluding steroid dienone is 4. The van der Waals surface area contributed by atoms with E-state index in [1.165, 1.54) is 360 Å². The molecule has 3 N–H and O–H groups in total. The van der Waals surface area contributed by atoms with E-state index in [0.29, 0.717) is 25.9 Å². The molecule has 0 heterocycles. The molecule has 0 saturated carbocycles. The van der Waals surface area contributed by atoms with Crippen molar-refractivity contribution >= 4 is 11.9 Å². The first-order valence-electron chi connectivity index (χ1n) is 38.6. The fraction of sp³-hybridized carbons (Fsp3) is 0.923. The molecule has 0 aromatic rings. The van der Waals surface area contributed by atoms with Gasteiger partial charge in [0.05, 0.1) is 25.4 Å². The molecule has 2 unspecified atom stereocenters. The Bertz CT molecular complexity index is 1320. The van der Waals surface area contributed by atoms with E-state index in [-0.39, 0.29) is 18.5 Å². The van der Waals surface area contributed by atoms with Crippen molar-refractivity contribution < 1.29 is 24.5 Å². The Morgan fingerprint density at radius 3 is 0.905 bits per heavy atom. The van der Waals surface area contributed by atoms with E-state index in [1.54, 1.807) is 0 Å². The van der Waals surface area contributed by atoms with Crippen LogP contribution >= 0.6 is 0 Å². The topological polar surface area (TPSA) is 95.9 Å². The zero-order valence-electron chi connectivity index (χ0n) is 57.2. The number of rotatable bonds is 73. The number of carbonyl (C=O) groups is 2. The Morgan fingerprint density at radius 2 is 0.595 bits per heavy atom. The Morgan fingerprint density at radius 1 is 0.333 bits per heavy atom. The van der Waals surface area contributed by atoms with Gasteiger partial charge in [-0.15, -0.1) is 0 Å². The van der Waals surface area contributed by atoms with Crippen molar-refractivity contribution in [3.63, 3.8) is 0 Å². The Labute approximate surface area is 526 Å². The number of amides is 1. The minimum Gasteiger partial charge on any atom is -0.466 e. The molecule has 0 bridgehead atoms. The molecule has 0 radical (unpaired) electrons. The molecule has 498 valence electrons. The zero-order chi connectivity index (χ0) is 60.6. The number of hydrogen-bond acceptors (Lipinski definition) is 5. The average Bonchev–Trinajstić information content (AvgIpc) is 3.51. The van der Waals surface area contributed by atoms with Crippen molar-refractivity contribution in [2.24, 2.45) is 0 Å². The van der Waals surface area contributed by atoms with E-state index in [9.17, 15) is 19.8 Å². The zero-order valence-corrected chi connectivity index (χ0v) is 57.2. The van der Waals surface area contributed by atoms with Crippen LogP contribution in [0.25, 0.3) is 0 Å². The highest BCUT2D eigenvalue weighted by molar-refractivity contribution is 5.76. The van der Waals surface area contributed by atoms with Crippen LogP contribution in [0.1, 0.15) is 438 Å². The van der Waals surface area contributed by atoms with Crippen molar-refractivity contribution in [2.75, 3.05) is 13.2 Å². The Kier molecular flexibility index (Phi) is 72.3. The predicted molar refractivity (Wildman–Crippen MR) is 370 cm³/mol. The second kappa shape index (κ2) is 73.8. The normalized spacial score (nSPS) is 12.6. The van der Waals surface area contributed by atoms with Gasteiger partial charge in [-0.3, -0.25) is 9.59 Å². The molecule has 1 amide bonds. The van der Waals surface area contributed by atoms with E-state index >= 15 is 0 Å². The Balaban J connectivity index is 3.40. The van der Waals surface area contributed by atoms with Gasteiger partial charge >= 0.3 is 5.97 Å².